The first-order valence-electron chi connectivity index (χ1n) is 8.42. The average molecular weight is 266 g/mol. The molecule has 3 heteroatoms. The van der Waals surface area contributed by atoms with Crippen LogP contribution in [0, 0.1) is 5.92 Å². The first-order chi connectivity index (χ1) is 9.23. The molecule has 19 heavy (non-hydrogen) atoms. The maximum Gasteiger partial charge on any atom is 0.0771 e. The van der Waals surface area contributed by atoms with Crippen LogP contribution >= 0.6 is 0 Å². The van der Waals surface area contributed by atoms with Crippen molar-refractivity contribution in [2.45, 2.75) is 69.4 Å². The highest BCUT2D eigenvalue weighted by Crippen LogP contribution is 2.31. The van der Waals surface area contributed by atoms with Gasteiger partial charge >= 0.3 is 0 Å². The second kappa shape index (κ2) is 6.11. The summed E-state index contributed by atoms with van der Waals surface area (Å²) >= 11 is 0. The van der Waals surface area contributed by atoms with E-state index in [1.165, 1.54) is 64.6 Å². The number of nitrogens with zero attached hydrogens (tertiary/aromatic N) is 1. The van der Waals surface area contributed by atoms with Crippen LogP contribution < -0.4 is 5.32 Å². The molecule has 1 heterocycles. The Bertz CT molecular complexity index is 276. The van der Waals surface area contributed by atoms with Gasteiger partial charge in [-0.25, -0.2) is 0 Å². The number of hydrogen-bond acceptors (Lipinski definition) is 3. The van der Waals surface area contributed by atoms with E-state index in [4.69, 9.17) is 0 Å². The molecule has 2 aliphatic carbocycles. The fourth-order valence-corrected chi connectivity index (χ4v) is 3.71. The van der Waals surface area contributed by atoms with Crippen LogP contribution in [0.25, 0.3) is 0 Å². The molecule has 1 saturated heterocycles. The third-order valence-corrected chi connectivity index (χ3v) is 5.30. The van der Waals surface area contributed by atoms with Gasteiger partial charge in [0.15, 0.2) is 0 Å². The van der Waals surface area contributed by atoms with Crippen LogP contribution in [0.3, 0.4) is 0 Å². The van der Waals surface area contributed by atoms with E-state index >= 15 is 0 Å². The van der Waals surface area contributed by atoms with Crippen LogP contribution in [0.15, 0.2) is 0 Å². The van der Waals surface area contributed by atoms with Crippen molar-refractivity contribution in [3.05, 3.63) is 0 Å². The molecule has 2 saturated carbocycles. The summed E-state index contributed by atoms with van der Waals surface area (Å²) in [5.74, 6) is 1.02. The standard InChI is InChI=1S/C16H30N2O/c19-16(8-2-1-3-9-16)13-17-15-6-10-18(11-7-15)12-14-4-5-14/h14-15,17,19H,1-13H2. The van der Waals surface area contributed by atoms with Crippen LogP contribution in [-0.4, -0.2) is 47.8 Å². The van der Waals surface area contributed by atoms with E-state index in [2.05, 4.69) is 10.2 Å². The second-order valence-electron chi connectivity index (χ2n) is 7.18. The molecular weight excluding hydrogens is 236 g/mol. The summed E-state index contributed by atoms with van der Waals surface area (Å²) in [6.45, 7) is 4.68. The van der Waals surface area contributed by atoms with Gasteiger partial charge in [-0.05, 0) is 57.5 Å². The SMILES string of the molecule is OC1(CNC2CCN(CC3CC3)CC2)CCCCC1. The Kier molecular flexibility index (Phi) is 4.45. The van der Waals surface area contributed by atoms with Crippen molar-refractivity contribution >= 4 is 0 Å². The average Bonchev–Trinajstić information content (AvgIpc) is 3.23. The Morgan fingerprint density at radius 3 is 2.32 bits per heavy atom. The van der Waals surface area contributed by atoms with Gasteiger partial charge in [0.25, 0.3) is 0 Å². The van der Waals surface area contributed by atoms with Crippen molar-refractivity contribution in [1.29, 1.82) is 0 Å². The zero-order chi connectivity index (χ0) is 13.1. The highest BCUT2D eigenvalue weighted by atomic mass is 16.3. The second-order valence-corrected chi connectivity index (χ2v) is 7.18. The molecule has 0 aromatic heterocycles. The molecule has 0 radical (unpaired) electrons. The molecule has 3 rings (SSSR count). The van der Waals surface area contributed by atoms with Crippen molar-refractivity contribution in [2.75, 3.05) is 26.2 Å². The summed E-state index contributed by atoms with van der Waals surface area (Å²) < 4.78 is 0. The third-order valence-electron chi connectivity index (χ3n) is 5.30. The molecule has 3 nitrogen and oxygen atoms in total. The maximum absolute atomic E-state index is 10.5. The van der Waals surface area contributed by atoms with Gasteiger partial charge in [-0.3, -0.25) is 0 Å². The Hall–Kier alpha value is -0.120. The predicted octanol–water partition coefficient (Wildman–Crippen LogP) is 2.15. The fourth-order valence-electron chi connectivity index (χ4n) is 3.71. The first-order valence-corrected chi connectivity index (χ1v) is 8.42. The predicted molar refractivity (Wildman–Crippen MR) is 78.2 cm³/mol. The summed E-state index contributed by atoms with van der Waals surface area (Å²) in [4.78, 5) is 2.64. The number of rotatable bonds is 5. The largest absolute Gasteiger partial charge is 0.389 e. The van der Waals surface area contributed by atoms with Crippen molar-refractivity contribution in [3.8, 4) is 0 Å². The summed E-state index contributed by atoms with van der Waals surface area (Å²) in [5.41, 5.74) is -0.399. The monoisotopic (exact) mass is 266 g/mol. The molecule has 1 aliphatic heterocycles. The first kappa shape index (κ1) is 13.8. The van der Waals surface area contributed by atoms with Gasteiger partial charge in [0, 0.05) is 19.1 Å². The maximum atomic E-state index is 10.5. The summed E-state index contributed by atoms with van der Waals surface area (Å²) in [6.07, 6.45) is 11.2. The van der Waals surface area contributed by atoms with Crippen LogP contribution in [0.2, 0.25) is 0 Å². The minimum absolute atomic E-state index is 0.399. The Morgan fingerprint density at radius 2 is 1.68 bits per heavy atom. The van der Waals surface area contributed by atoms with E-state index in [0.29, 0.717) is 6.04 Å². The molecule has 0 spiro atoms. The number of likely N-dealkylation sites (tertiary alicyclic amines) is 1. The van der Waals surface area contributed by atoms with E-state index < -0.39 is 5.60 Å². The van der Waals surface area contributed by atoms with Crippen LogP contribution in [0.5, 0.6) is 0 Å². The molecule has 3 aliphatic rings. The Labute approximate surface area is 117 Å². The minimum Gasteiger partial charge on any atom is -0.389 e. The van der Waals surface area contributed by atoms with E-state index in [0.717, 1.165) is 25.3 Å². The lowest BCUT2D eigenvalue weighted by Gasteiger charge is -2.37. The zero-order valence-electron chi connectivity index (χ0n) is 12.2. The van der Waals surface area contributed by atoms with E-state index in [1.807, 2.05) is 0 Å². The van der Waals surface area contributed by atoms with E-state index in [9.17, 15) is 5.11 Å². The molecular formula is C16H30N2O. The fraction of sp³-hybridized carbons (Fsp3) is 1.00. The van der Waals surface area contributed by atoms with Gasteiger partial charge < -0.3 is 15.3 Å². The summed E-state index contributed by atoms with van der Waals surface area (Å²) in [7, 11) is 0. The van der Waals surface area contributed by atoms with Gasteiger partial charge in [0.05, 0.1) is 5.60 Å². The Balaban J connectivity index is 1.34. The van der Waals surface area contributed by atoms with Gasteiger partial charge in [-0.2, -0.15) is 0 Å². The van der Waals surface area contributed by atoms with Crippen LogP contribution in [0.4, 0.5) is 0 Å². The highest BCUT2D eigenvalue weighted by Gasteiger charge is 2.31. The lowest BCUT2D eigenvalue weighted by atomic mass is 9.84. The molecule has 0 atom stereocenters. The van der Waals surface area contributed by atoms with E-state index in [1.54, 1.807) is 0 Å². The molecule has 110 valence electrons. The van der Waals surface area contributed by atoms with Gasteiger partial charge in [0.1, 0.15) is 0 Å². The van der Waals surface area contributed by atoms with Crippen LogP contribution in [-0.2, 0) is 0 Å². The van der Waals surface area contributed by atoms with Gasteiger partial charge in [0.2, 0.25) is 0 Å². The van der Waals surface area contributed by atoms with Crippen molar-refractivity contribution in [2.24, 2.45) is 5.92 Å². The molecule has 0 aromatic rings. The molecule has 0 aromatic carbocycles. The van der Waals surface area contributed by atoms with Gasteiger partial charge in [-0.15, -0.1) is 0 Å². The summed E-state index contributed by atoms with van der Waals surface area (Å²) in [5, 5.41) is 14.2. The number of piperidine rings is 1. The van der Waals surface area contributed by atoms with Gasteiger partial charge in [-0.1, -0.05) is 19.3 Å². The van der Waals surface area contributed by atoms with Crippen molar-refractivity contribution in [3.63, 3.8) is 0 Å². The van der Waals surface area contributed by atoms with Crippen molar-refractivity contribution in [1.82, 2.24) is 10.2 Å². The number of nitrogens with one attached hydrogen (secondary N) is 1. The highest BCUT2D eigenvalue weighted by molar-refractivity contribution is 4.88. The third kappa shape index (κ3) is 4.17. The topological polar surface area (TPSA) is 35.5 Å². The van der Waals surface area contributed by atoms with E-state index in [-0.39, 0.29) is 0 Å². The lowest BCUT2D eigenvalue weighted by molar-refractivity contribution is 0.000714. The zero-order valence-corrected chi connectivity index (χ0v) is 12.2. The molecule has 0 unspecified atom stereocenters. The quantitative estimate of drug-likeness (QED) is 0.800. The molecule has 2 N–H and O–H groups in total. The smallest absolute Gasteiger partial charge is 0.0771 e. The molecule has 3 fully saturated rings. The lowest BCUT2D eigenvalue weighted by Crippen LogP contribution is -2.49. The Morgan fingerprint density at radius 1 is 1.00 bits per heavy atom. The number of hydrogen-bond donors (Lipinski definition) is 2. The van der Waals surface area contributed by atoms with Crippen LogP contribution in [0.1, 0.15) is 57.8 Å². The molecule has 0 amide bonds. The summed E-state index contributed by atoms with van der Waals surface area (Å²) in [6, 6.07) is 0.640. The molecule has 0 bridgehead atoms. The van der Waals surface area contributed by atoms with Crippen molar-refractivity contribution < 1.29 is 5.11 Å². The normalized spacial score (nSPS) is 29.5. The number of aliphatic hydroxyl groups is 1. The minimum atomic E-state index is -0.399.